The molecule has 0 amide bonds. The molecule has 0 saturated heterocycles. The van der Waals surface area contributed by atoms with Crippen LogP contribution in [-0.4, -0.2) is 12.9 Å². The van der Waals surface area contributed by atoms with E-state index in [1.54, 1.807) is 0 Å². The Bertz CT molecular complexity index is 107. The highest BCUT2D eigenvalue weighted by Gasteiger charge is 2.04. The fourth-order valence-electron chi connectivity index (χ4n) is 0.661. The Hall–Kier alpha value is -0.500. The molecule has 1 atom stereocenters. The lowest BCUT2D eigenvalue weighted by atomic mass is 10.3. The van der Waals surface area contributed by atoms with Crippen LogP contribution in [0.4, 0.5) is 0 Å². The van der Waals surface area contributed by atoms with Crippen molar-refractivity contribution in [1.29, 1.82) is 0 Å². The highest BCUT2D eigenvalue weighted by atomic mass is 16.7. The summed E-state index contributed by atoms with van der Waals surface area (Å²) >= 11 is 0. The first-order chi connectivity index (χ1) is 3.79. The average Bonchev–Trinajstić information content (AvgIpc) is 1.64. The Labute approximate surface area is 49.1 Å². The topological polar surface area (TPSA) is 18.5 Å². The number of ether oxygens (including phenoxy) is 2. The second-order valence-corrected chi connectivity index (χ2v) is 1.91. The first-order valence-corrected chi connectivity index (χ1v) is 2.72. The zero-order valence-electron chi connectivity index (χ0n) is 5.18. The summed E-state index contributed by atoms with van der Waals surface area (Å²) in [7, 11) is 0. The smallest absolute Gasteiger partial charge is 0.189 e. The predicted molar refractivity (Wildman–Crippen MR) is 30.3 cm³/mol. The van der Waals surface area contributed by atoms with E-state index in [0.717, 1.165) is 5.76 Å². The van der Waals surface area contributed by atoms with E-state index in [4.69, 9.17) is 9.47 Å². The molecule has 0 aliphatic carbocycles. The van der Waals surface area contributed by atoms with E-state index >= 15 is 0 Å². The fourth-order valence-corrected chi connectivity index (χ4v) is 0.661. The van der Waals surface area contributed by atoms with E-state index in [0.29, 0.717) is 6.79 Å². The molecule has 1 rings (SSSR count). The third kappa shape index (κ3) is 1.23. The van der Waals surface area contributed by atoms with Gasteiger partial charge in [0.05, 0.1) is 11.9 Å². The first kappa shape index (κ1) is 5.63. The molecule has 0 saturated carbocycles. The van der Waals surface area contributed by atoms with E-state index in [-0.39, 0.29) is 6.10 Å². The van der Waals surface area contributed by atoms with Crippen molar-refractivity contribution < 1.29 is 9.47 Å². The second kappa shape index (κ2) is 2.18. The third-order valence-corrected chi connectivity index (χ3v) is 1.09. The van der Waals surface area contributed by atoms with Gasteiger partial charge in [-0.25, -0.2) is 0 Å². The molecule has 2 nitrogen and oxygen atoms in total. The summed E-state index contributed by atoms with van der Waals surface area (Å²) in [5.41, 5.74) is 0. The zero-order valence-corrected chi connectivity index (χ0v) is 5.18. The number of hydrogen-bond acceptors (Lipinski definition) is 2. The van der Waals surface area contributed by atoms with Crippen LogP contribution < -0.4 is 0 Å². The molecule has 0 spiro atoms. The number of rotatable bonds is 0. The minimum absolute atomic E-state index is 0.226. The monoisotopic (exact) mass is 114 g/mol. The highest BCUT2D eigenvalue weighted by Crippen LogP contribution is 2.07. The van der Waals surface area contributed by atoms with Gasteiger partial charge in [-0.2, -0.15) is 0 Å². The number of allylic oxidation sites excluding steroid dienone is 1. The van der Waals surface area contributed by atoms with Gasteiger partial charge in [0, 0.05) is 0 Å². The molecule has 1 aliphatic heterocycles. The van der Waals surface area contributed by atoms with E-state index in [1.165, 1.54) is 0 Å². The molecule has 0 radical (unpaired) electrons. The van der Waals surface area contributed by atoms with Crippen LogP contribution in [0.25, 0.3) is 0 Å². The van der Waals surface area contributed by atoms with E-state index in [9.17, 15) is 0 Å². The maximum atomic E-state index is 5.05. The van der Waals surface area contributed by atoms with E-state index in [1.807, 2.05) is 19.9 Å². The molecule has 0 aromatic heterocycles. The Morgan fingerprint density at radius 3 is 2.88 bits per heavy atom. The molecule has 46 valence electrons. The van der Waals surface area contributed by atoms with Crippen LogP contribution >= 0.6 is 0 Å². The summed E-state index contributed by atoms with van der Waals surface area (Å²) in [6.07, 6.45) is 2.17. The normalized spacial score (nSPS) is 28.8. The van der Waals surface area contributed by atoms with Crippen molar-refractivity contribution in [3.8, 4) is 0 Å². The molecular formula is C6H10O2. The van der Waals surface area contributed by atoms with Gasteiger partial charge in [0.25, 0.3) is 0 Å². The van der Waals surface area contributed by atoms with Crippen molar-refractivity contribution in [2.45, 2.75) is 20.0 Å². The average molecular weight is 114 g/mol. The lowest BCUT2D eigenvalue weighted by Crippen LogP contribution is -2.14. The van der Waals surface area contributed by atoms with Crippen LogP contribution in [0.2, 0.25) is 0 Å². The lowest BCUT2D eigenvalue weighted by Gasteiger charge is -2.16. The van der Waals surface area contributed by atoms with Crippen LogP contribution in [0.3, 0.4) is 0 Å². The molecule has 2 heteroatoms. The fraction of sp³-hybridized carbons (Fsp3) is 0.667. The first-order valence-electron chi connectivity index (χ1n) is 2.72. The molecular weight excluding hydrogens is 104 g/mol. The molecule has 0 fully saturated rings. The van der Waals surface area contributed by atoms with Crippen LogP contribution in [0, 0.1) is 0 Å². The van der Waals surface area contributed by atoms with Crippen molar-refractivity contribution in [3.05, 3.63) is 11.8 Å². The van der Waals surface area contributed by atoms with Crippen LogP contribution in [-0.2, 0) is 9.47 Å². The van der Waals surface area contributed by atoms with Crippen LogP contribution in [0.15, 0.2) is 11.8 Å². The highest BCUT2D eigenvalue weighted by molar-refractivity contribution is 4.94. The van der Waals surface area contributed by atoms with Gasteiger partial charge in [0.1, 0.15) is 0 Å². The van der Waals surface area contributed by atoms with E-state index < -0.39 is 0 Å². The summed E-state index contributed by atoms with van der Waals surface area (Å²) in [6.45, 7) is 4.33. The third-order valence-electron chi connectivity index (χ3n) is 1.09. The summed E-state index contributed by atoms with van der Waals surface area (Å²) in [5.74, 6) is 0.962. The van der Waals surface area contributed by atoms with Gasteiger partial charge in [0.2, 0.25) is 0 Å². The van der Waals surface area contributed by atoms with Gasteiger partial charge >= 0.3 is 0 Å². The van der Waals surface area contributed by atoms with Crippen molar-refractivity contribution >= 4 is 0 Å². The Kier molecular flexibility index (Phi) is 1.53. The molecule has 0 bridgehead atoms. The summed E-state index contributed by atoms with van der Waals surface area (Å²) < 4.78 is 10.0. The van der Waals surface area contributed by atoms with Gasteiger partial charge in [0.15, 0.2) is 6.79 Å². The predicted octanol–water partition coefficient (Wildman–Crippen LogP) is 1.28. The van der Waals surface area contributed by atoms with Gasteiger partial charge in [-0.1, -0.05) is 0 Å². The minimum atomic E-state index is 0.226. The maximum absolute atomic E-state index is 5.05. The van der Waals surface area contributed by atoms with Gasteiger partial charge in [-0.15, -0.1) is 0 Å². The quantitative estimate of drug-likeness (QED) is 0.472. The van der Waals surface area contributed by atoms with Crippen LogP contribution in [0.5, 0.6) is 0 Å². The molecule has 1 unspecified atom stereocenters. The van der Waals surface area contributed by atoms with Crippen molar-refractivity contribution in [2.75, 3.05) is 6.79 Å². The zero-order chi connectivity index (χ0) is 5.98. The van der Waals surface area contributed by atoms with Crippen molar-refractivity contribution in [2.24, 2.45) is 0 Å². The lowest BCUT2D eigenvalue weighted by molar-refractivity contribution is -0.0629. The van der Waals surface area contributed by atoms with Gasteiger partial charge < -0.3 is 9.47 Å². The largest absolute Gasteiger partial charge is 0.472 e. The van der Waals surface area contributed by atoms with Gasteiger partial charge in [-0.3, -0.25) is 0 Å². The molecule has 0 aromatic rings. The minimum Gasteiger partial charge on any atom is -0.472 e. The summed E-state index contributed by atoms with van der Waals surface area (Å²) in [6, 6.07) is 0. The second-order valence-electron chi connectivity index (χ2n) is 1.91. The standard InChI is InChI=1S/C6H10O2/c1-5-3-6(2)8-4-7-5/h3,5H,4H2,1-2H3. The molecule has 1 aliphatic rings. The Morgan fingerprint density at radius 1 is 1.75 bits per heavy atom. The summed E-state index contributed by atoms with van der Waals surface area (Å²) in [4.78, 5) is 0. The van der Waals surface area contributed by atoms with Gasteiger partial charge in [-0.05, 0) is 19.9 Å². The molecule has 0 N–H and O–H groups in total. The van der Waals surface area contributed by atoms with E-state index in [2.05, 4.69) is 0 Å². The van der Waals surface area contributed by atoms with Crippen molar-refractivity contribution in [3.63, 3.8) is 0 Å². The van der Waals surface area contributed by atoms with Crippen molar-refractivity contribution in [1.82, 2.24) is 0 Å². The maximum Gasteiger partial charge on any atom is 0.189 e. The SMILES string of the molecule is CC1=CC(C)OCO1. The Morgan fingerprint density at radius 2 is 2.50 bits per heavy atom. The molecule has 0 aromatic carbocycles. The number of hydrogen-bond donors (Lipinski definition) is 0. The summed E-state index contributed by atoms with van der Waals surface area (Å²) in [5, 5.41) is 0. The van der Waals surface area contributed by atoms with Crippen LogP contribution in [0.1, 0.15) is 13.8 Å². The molecule has 1 heterocycles. The molecule has 8 heavy (non-hydrogen) atoms. The Balaban J connectivity index is 2.50.